The number of amidine groups is 1. The number of nitrogens with zero attached hydrogens (tertiary/aromatic N) is 1. The van der Waals surface area contributed by atoms with Crippen LogP contribution in [-0.4, -0.2) is 31.7 Å². The largest absolute Gasteiger partial charge is 0.361 e. The SMILES string of the molecule is O=C(Cc1c[nH]c2ccccc12)Nc1ccc(S(=O)(=O)NC2=NCCCCC2)cc1. The number of amides is 1. The molecule has 1 amide bonds. The number of H-pyrrole nitrogens is 1. The number of rotatable bonds is 5. The molecule has 30 heavy (non-hydrogen) atoms. The van der Waals surface area contributed by atoms with E-state index >= 15 is 0 Å². The minimum absolute atomic E-state index is 0.143. The van der Waals surface area contributed by atoms with Crippen LogP contribution in [0, 0.1) is 0 Å². The van der Waals surface area contributed by atoms with Gasteiger partial charge in [0.15, 0.2) is 0 Å². The van der Waals surface area contributed by atoms with Crippen LogP contribution < -0.4 is 10.0 Å². The standard InChI is InChI=1S/C22H24N4O3S/c27-22(14-16-15-24-20-7-4-3-6-19(16)20)25-17-9-11-18(12-10-17)30(28,29)26-21-8-2-1-5-13-23-21/h3-4,6-7,9-12,15,24H,1-2,5,8,13-14H2,(H,23,26)(H,25,27). The average Bonchev–Trinajstić information content (AvgIpc) is 2.95. The molecule has 3 N–H and O–H groups in total. The Labute approximate surface area is 175 Å². The van der Waals surface area contributed by atoms with Crippen molar-refractivity contribution < 1.29 is 13.2 Å². The van der Waals surface area contributed by atoms with Gasteiger partial charge in [0.1, 0.15) is 5.84 Å². The fraction of sp³-hybridized carbons (Fsp3) is 0.273. The van der Waals surface area contributed by atoms with Gasteiger partial charge in [0.25, 0.3) is 10.0 Å². The molecule has 8 heteroatoms. The molecule has 1 aliphatic rings. The highest BCUT2D eigenvalue weighted by Gasteiger charge is 2.17. The summed E-state index contributed by atoms with van der Waals surface area (Å²) in [6.07, 6.45) is 5.68. The Morgan fingerprint density at radius 3 is 2.67 bits per heavy atom. The number of benzene rings is 2. The molecule has 0 saturated carbocycles. The van der Waals surface area contributed by atoms with Crippen LogP contribution in [0.4, 0.5) is 5.69 Å². The van der Waals surface area contributed by atoms with Crippen molar-refractivity contribution in [3.8, 4) is 0 Å². The summed E-state index contributed by atoms with van der Waals surface area (Å²) in [5.74, 6) is 0.352. The molecule has 0 spiro atoms. The monoisotopic (exact) mass is 424 g/mol. The number of hydrogen-bond donors (Lipinski definition) is 3. The van der Waals surface area contributed by atoms with Crippen LogP contribution in [0.5, 0.6) is 0 Å². The molecule has 0 atom stereocenters. The number of anilines is 1. The van der Waals surface area contributed by atoms with E-state index in [1.807, 2.05) is 30.5 Å². The van der Waals surface area contributed by atoms with Gasteiger partial charge >= 0.3 is 0 Å². The quantitative estimate of drug-likeness (QED) is 0.583. The molecule has 3 aromatic rings. The van der Waals surface area contributed by atoms with Crippen LogP contribution in [0.3, 0.4) is 0 Å². The molecule has 1 aromatic heterocycles. The van der Waals surface area contributed by atoms with E-state index in [2.05, 4.69) is 20.0 Å². The molecule has 2 aromatic carbocycles. The van der Waals surface area contributed by atoms with Crippen LogP contribution in [0.25, 0.3) is 10.9 Å². The first-order chi connectivity index (χ1) is 14.5. The molecule has 2 heterocycles. The zero-order chi connectivity index (χ0) is 21.0. The molecule has 0 radical (unpaired) electrons. The number of fused-ring (bicyclic) bond motifs is 1. The van der Waals surface area contributed by atoms with Crippen LogP contribution in [0.1, 0.15) is 31.2 Å². The van der Waals surface area contributed by atoms with E-state index in [0.29, 0.717) is 24.5 Å². The second-order valence-corrected chi connectivity index (χ2v) is 9.04. The summed E-state index contributed by atoms with van der Waals surface area (Å²) < 4.78 is 27.8. The minimum atomic E-state index is -3.68. The number of para-hydroxylation sites is 1. The van der Waals surface area contributed by atoms with E-state index < -0.39 is 10.0 Å². The number of carbonyl (C=O) groups is 1. The van der Waals surface area contributed by atoms with Crippen molar-refractivity contribution in [3.63, 3.8) is 0 Å². The Bertz CT molecular complexity index is 1180. The lowest BCUT2D eigenvalue weighted by Gasteiger charge is -2.10. The van der Waals surface area contributed by atoms with Gasteiger partial charge in [0, 0.05) is 35.8 Å². The topological polar surface area (TPSA) is 103 Å². The Kier molecular flexibility index (Phi) is 5.85. The van der Waals surface area contributed by atoms with E-state index in [9.17, 15) is 13.2 Å². The summed E-state index contributed by atoms with van der Waals surface area (Å²) >= 11 is 0. The van der Waals surface area contributed by atoms with Gasteiger partial charge < -0.3 is 10.3 Å². The van der Waals surface area contributed by atoms with Crippen molar-refractivity contribution >= 4 is 38.4 Å². The average molecular weight is 425 g/mol. The second-order valence-electron chi connectivity index (χ2n) is 7.35. The number of sulfonamides is 1. The molecule has 0 aliphatic carbocycles. The third-order valence-corrected chi connectivity index (χ3v) is 6.50. The number of hydrogen-bond acceptors (Lipinski definition) is 4. The summed E-state index contributed by atoms with van der Waals surface area (Å²) in [5, 5.41) is 3.84. The van der Waals surface area contributed by atoms with Gasteiger partial charge in [-0.2, -0.15) is 0 Å². The summed E-state index contributed by atoms with van der Waals surface area (Å²) in [4.78, 5) is 20.0. The molecule has 0 unspecified atom stereocenters. The zero-order valence-corrected chi connectivity index (χ0v) is 17.3. The Hall–Kier alpha value is -3.13. The molecule has 4 rings (SSSR count). The van der Waals surface area contributed by atoms with Crippen molar-refractivity contribution in [1.82, 2.24) is 9.71 Å². The van der Waals surface area contributed by atoms with Crippen LogP contribution in [0.15, 0.2) is 64.6 Å². The maximum atomic E-state index is 12.6. The normalized spacial score (nSPS) is 14.7. The highest BCUT2D eigenvalue weighted by Crippen LogP contribution is 2.19. The van der Waals surface area contributed by atoms with Gasteiger partial charge in [-0.15, -0.1) is 0 Å². The van der Waals surface area contributed by atoms with Crippen LogP contribution >= 0.6 is 0 Å². The number of aliphatic imine (C=N–C) groups is 1. The lowest BCUT2D eigenvalue weighted by molar-refractivity contribution is -0.115. The first kappa shape index (κ1) is 20.2. The number of aromatic nitrogens is 1. The van der Waals surface area contributed by atoms with Crippen molar-refractivity contribution in [3.05, 3.63) is 60.3 Å². The fourth-order valence-corrected chi connectivity index (χ4v) is 4.63. The predicted octanol–water partition coefficient (Wildman–Crippen LogP) is 3.60. The predicted molar refractivity (Wildman–Crippen MR) is 118 cm³/mol. The van der Waals surface area contributed by atoms with Crippen molar-refractivity contribution in [2.24, 2.45) is 4.99 Å². The first-order valence-corrected chi connectivity index (χ1v) is 11.5. The van der Waals surface area contributed by atoms with E-state index in [4.69, 9.17) is 0 Å². The van der Waals surface area contributed by atoms with Gasteiger partial charge in [-0.3, -0.25) is 14.5 Å². The van der Waals surface area contributed by atoms with Gasteiger partial charge in [-0.25, -0.2) is 8.42 Å². The zero-order valence-electron chi connectivity index (χ0n) is 16.5. The molecule has 0 bridgehead atoms. The molecule has 0 fully saturated rings. The van der Waals surface area contributed by atoms with Crippen molar-refractivity contribution in [1.29, 1.82) is 0 Å². The summed E-state index contributed by atoms with van der Waals surface area (Å²) in [7, 11) is -3.68. The second kappa shape index (κ2) is 8.71. The van der Waals surface area contributed by atoms with Gasteiger partial charge in [0.2, 0.25) is 5.91 Å². The van der Waals surface area contributed by atoms with Gasteiger partial charge in [-0.05, 0) is 48.7 Å². The van der Waals surface area contributed by atoms with Crippen LogP contribution in [-0.2, 0) is 21.2 Å². The Morgan fingerprint density at radius 1 is 1.03 bits per heavy atom. The molecular formula is C22H24N4O3S. The van der Waals surface area contributed by atoms with Crippen molar-refractivity contribution in [2.75, 3.05) is 11.9 Å². The molecule has 1 aliphatic heterocycles. The van der Waals surface area contributed by atoms with Crippen LogP contribution in [0.2, 0.25) is 0 Å². The lowest BCUT2D eigenvalue weighted by atomic mass is 10.1. The maximum Gasteiger partial charge on any atom is 0.262 e. The smallest absolute Gasteiger partial charge is 0.262 e. The molecule has 156 valence electrons. The third kappa shape index (κ3) is 4.71. The maximum absolute atomic E-state index is 12.6. The number of carbonyl (C=O) groups excluding carboxylic acids is 1. The Balaban J connectivity index is 1.40. The Morgan fingerprint density at radius 2 is 1.83 bits per heavy atom. The summed E-state index contributed by atoms with van der Waals surface area (Å²) in [5.41, 5.74) is 2.45. The highest BCUT2D eigenvalue weighted by molar-refractivity contribution is 7.90. The number of aromatic amines is 1. The minimum Gasteiger partial charge on any atom is -0.361 e. The fourth-order valence-electron chi connectivity index (χ4n) is 3.54. The number of nitrogens with one attached hydrogen (secondary N) is 3. The summed E-state index contributed by atoms with van der Waals surface area (Å²) in [6, 6.07) is 14.0. The molecule has 0 saturated heterocycles. The van der Waals surface area contributed by atoms with Crippen molar-refractivity contribution in [2.45, 2.75) is 37.0 Å². The van der Waals surface area contributed by atoms with E-state index in [-0.39, 0.29) is 17.2 Å². The van der Waals surface area contributed by atoms with Gasteiger partial charge in [0.05, 0.1) is 11.3 Å². The van der Waals surface area contributed by atoms with E-state index in [1.165, 1.54) is 12.1 Å². The molecular weight excluding hydrogens is 400 g/mol. The van der Waals surface area contributed by atoms with E-state index in [1.54, 1.807) is 12.1 Å². The molecule has 7 nitrogen and oxygen atoms in total. The summed E-state index contributed by atoms with van der Waals surface area (Å²) in [6.45, 7) is 0.652. The lowest BCUT2D eigenvalue weighted by Crippen LogP contribution is -2.30. The third-order valence-electron chi connectivity index (χ3n) is 5.10. The van der Waals surface area contributed by atoms with E-state index in [0.717, 1.165) is 35.7 Å². The highest BCUT2D eigenvalue weighted by atomic mass is 32.2. The van der Waals surface area contributed by atoms with Gasteiger partial charge in [-0.1, -0.05) is 24.6 Å². The first-order valence-electron chi connectivity index (χ1n) is 10.0.